The van der Waals surface area contributed by atoms with Gasteiger partial charge in [0, 0.05) is 10.6 Å². The smallest absolute Gasteiger partial charge is 0.270 e. The number of thiocarbonyl (C=S) groups is 1. The van der Waals surface area contributed by atoms with E-state index < -0.39 is 0 Å². The summed E-state index contributed by atoms with van der Waals surface area (Å²) >= 11 is 12.9. The van der Waals surface area contributed by atoms with Crippen LogP contribution in [-0.4, -0.2) is 10.2 Å². The number of hydrogen-bond acceptors (Lipinski definition) is 4. The third-order valence-corrected chi connectivity index (χ3v) is 5.99. The summed E-state index contributed by atoms with van der Waals surface area (Å²) in [6.45, 7) is 0.374. The minimum atomic E-state index is -0.117. The molecule has 0 N–H and O–H groups in total. The molecule has 1 amide bonds. The maximum absolute atomic E-state index is 12.9. The van der Waals surface area contributed by atoms with Crippen LogP contribution in [0.4, 0.5) is 5.69 Å². The predicted molar refractivity (Wildman–Crippen MR) is 124 cm³/mol. The number of carbonyl (C=O) groups excluding carboxylic acids is 1. The molecule has 1 aliphatic rings. The molecule has 1 aliphatic heterocycles. The fraction of sp³-hybridized carbons (Fsp3) is 0.0435. The second-order valence-corrected chi connectivity index (χ2v) is 8.39. The highest BCUT2D eigenvalue weighted by Gasteiger charge is 2.33. The Labute approximate surface area is 183 Å². The highest BCUT2D eigenvalue weighted by atomic mass is 35.5. The van der Waals surface area contributed by atoms with Gasteiger partial charge in [-0.3, -0.25) is 9.69 Å². The van der Waals surface area contributed by atoms with Crippen molar-refractivity contribution < 1.29 is 9.53 Å². The number of ether oxygens (including phenoxy) is 1. The van der Waals surface area contributed by atoms with Crippen molar-refractivity contribution in [3.05, 3.63) is 99.9 Å². The number of halogens is 1. The minimum Gasteiger partial charge on any atom is -0.489 e. The van der Waals surface area contributed by atoms with Crippen LogP contribution < -0.4 is 9.64 Å². The van der Waals surface area contributed by atoms with Crippen LogP contribution in [0.1, 0.15) is 11.1 Å². The SMILES string of the molecule is O=C1/C(=C\c2cccc(OCc3ccccc3Cl)c2)SC(=S)N1c1ccccc1. The molecule has 0 saturated carbocycles. The molecule has 29 heavy (non-hydrogen) atoms. The molecule has 144 valence electrons. The van der Waals surface area contributed by atoms with E-state index in [0.29, 0.717) is 26.6 Å². The number of para-hydroxylation sites is 1. The fourth-order valence-corrected chi connectivity index (χ4v) is 4.38. The number of nitrogens with zero attached hydrogens (tertiary/aromatic N) is 1. The number of benzene rings is 3. The third kappa shape index (κ3) is 4.53. The van der Waals surface area contributed by atoms with E-state index in [2.05, 4.69) is 0 Å². The molecule has 6 heteroatoms. The minimum absolute atomic E-state index is 0.117. The van der Waals surface area contributed by atoms with Gasteiger partial charge in [-0.2, -0.15) is 0 Å². The lowest BCUT2D eigenvalue weighted by atomic mass is 10.2. The molecular formula is C23H16ClNO2S2. The van der Waals surface area contributed by atoms with Gasteiger partial charge in [-0.1, -0.05) is 84.1 Å². The van der Waals surface area contributed by atoms with Gasteiger partial charge in [0.05, 0.1) is 10.6 Å². The Balaban J connectivity index is 1.51. The molecule has 1 saturated heterocycles. The number of hydrogen-bond donors (Lipinski definition) is 0. The van der Waals surface area contributed by atoms with Gasteiger partial charge in [0.1, 0.15) is 12.4 Å². The lowest BCUT2D eigenvalue weighted by molar-refractivity contribution is -0.113. The molecule has 3 nitrogen and oxygen atoms in total. The number of thioether (sulfide) groups is 1. The van der Waals surface area contributed by atoms with Gasteiger partial charge < -0.3 is 4.74 Å². The van der Waals surface area contributed by atoms with Crippen LogP contribution in [0.2, 0.25) is 5.02 Å². The van der Waals surface area contributed by atoms with E-state index in [1.807, 2.05) is 84.9 Å². The Bertz CT molecular complexity index is 1100. The third-order valence-electron chi connectivity index (χ3n) is 4.32. The molecule has 4 rings (SSSR count). The summed E-state index contributed by atoms with van der Waals surface area (Å²) in [6.07, 6.45) is 1.84. The Morgan fingerprint density at radius 3 is 2.55 bits per heavy atom. The number of rotatable bonds is 5. The zero-order valence-electron chi connectivity index (χ0n) is 15.2. The summed E-state index contributed by atoms with van der Waals surface area (Å²) in [5, 5.41) is 0.674. The Hall–Kier alpha value is -2.60. The molecule has 1 heterocycles. The second kappa shape index (κ2) is 8.82. The van der Waals surface area contributed by atoms with Gasteiger partial charge in [-0.05, 0) is 42.0 Å². The first-order chi connectivity index (χ1) is 14.1. The van der Waals surface area contributed by atoms with Gasteiger partial charge in [0.15, 0.2) is 4.32 Å². The molecule has 0 radical (unpaired) electrons. The molecule has 3 aromatic rings. The van der Waals surface area contributed by atoms with Crippen LogP contribution in [0.3, 0.4) is 0 Å². The van der Waals surface area contributed by atoms with Crippen LogP contribution in [0.15, 0.2) is 83.8 Å². The topological polar surface area (TPSA) is 29.5 Å². The van der Waals surface area contributed by atoms with Crippen molar-refractivity contribution >= 4 is 57.6 Å². The summed E-state index contributed by atoms with van der Waals surface area (Å²) in [6, 6.07) is 24.6. The van der Waals surface area contributed by atoms with E-state index in [4.69, 9.17) is 28.6 Å². The standard InChI is InChI=1S/C23H16ClNO2S2/c24-20-12-5-4-8-17(20)15-27-19-11-6-7-16(13-19)14-21-22(26)25(23(28)29-21)18-9-2-1-3-10-18/h1-14H,15H2/b21-14+. The molecule has 3 aromatic carbocycles. The lowest BCUT2D eigenvalue weighted by Crippen LogP contribution is -2.27. The van der Waals surface area contributed by atoms with Crippen molar-refractivity contribution in [2.45, 2.75) is 6.61 Å². The van der Waals surface area contributed by atoms with Crippen LogP contribution in [0, 0.1) is 0 Å². The molecule has 0 aliphatic carbocycles. The summed E-state index contributed by atoms with van der Waals surface area (Å²) < 4.78 is 6.40. The van der Waals surface area contributed by atoms with E-state index >= 15 is 0 Å². The van der Waals surface area contributed by atoms with E-state index in [1.54, 1.807) is 4.90 Å². The number of amides is 1. The van der Waals surface area contributed by atoms with Gasteiger partial charge in [0.25, 0.3) is 5.91 Å². The summed E-state index contributed by atoms with van der Waals surface area (Å²) in [5.41, 5.74) is 2.56. The first-order valence-electron chi connectivity index (χ1n) is 8.91. The van der Waals surface area contributed by atoms with Crippen molar-refractivity contribution in [1.82, 2.24) is 0 Å². The predicted octanol–water partition coefficient (Wildman–Crippen LogP) is 6.32. The second-order valence-electron chi connectivity index (χ2n) is 6.31. The molecule has 0 spiro atoms. The lowest BCUT2D eigenvalue weighted by Gasteiger charge is -2.13. The average Bonchev–Trinajstić information content (AvgIpc) is 3.01. The maximum Gasteiger partial charge on any atom is 0.270 e. The van der Waals surface area contributed by atoms with Crippen LogP contribution in [-0.2, 0) is 11.4 Å². The van der Waals surface area contributed by atoms with Crippen molar-refractivity contribution in [3.8, 4) is 5.75 Å². The van der Waals surface area contributed by atoms with Crippen molar-refractivity contribution in [3.63, 3.8) is 0 Å². The number of carbonyl (C=O) groups is 1. The van der Waals surface area contributed by atoms with Gasteiger partial charge in [-0.25, -0.2) is 0 Å². The molecular weight excluding hydrogens is 422 g/mol. The summed E-state index contributed by atoms with van der Waals surface area (Å²) in [5.74, 6) is 0.589. The van der Waals surface area contributed by atoms with Crippen LogP contribution >= 0.6 is 35.6 Å². The first-order valence-corrected chi connectivity index (χ1v) is 10.5. The Morgan fingerprint density at radius 2 is 1.76 bits per heavy atom. The fourth-order valence-electron chi connectivity index (χ4n) is 2.89. The molecule has 0 aromatic heterocycles. The zero-order valence-corrected chi connectivity index (χ0v) is 17.6. The van der Waals surface area contributed by atoms with Gasteiger partial charge in [-0.15, -0.1) is 0 Å². The quantitative estimate of drug-likeness (QED) is 0.345. The Kier molecular flexibility index (Phi) is 6.00. The van der Waals surface area contributed by atoms with Crippen molar-refractivity contribution in [1.29, 1.82) is 0 Å². The summed E-state index contributed by atoms with van der Waals surface area (Å²) in [7, 11) is 0. The molecule has 0 atom stereocenters. The first kappa shape index (κ1) is 19.7. The normalized spacial score (nSPS) is 15.2. The van der Waals surface area contributed by atoms with Crippen molar-refractivity contribution in [2.24, 2.45) is 0 Å². The highest BCUT2D eigenvalue weighted by Crippen LogP contribution is 2.36. The largest absolute Gasteiger partial charge is 0.489 e. The van der Waals surface area contributed by atoms with Crippen LogP contribution in [0.25, 0.3) is 6.08 Å². The number of anilines is 1. The molecule has 1 fully saturated rings. The van der Waals surface area contributed by atoms with E-state index in [1.165, 1.54) is 11.8 Å². The molecule has 0 unspecified atom stereocenters. The summed E-state index contributed by atoms with van der Waals surface area (Å²) in [4.78, 5) is 15.0. The van der Waals surface area contributed by atoms with Gasteiger partial charge >= 0.3 is 0 Å². The maximum atomic E-state index is 12.9. The highest BCUT2D eigenvalue weighted by molar-refractivity contribution is 8.27. The monoisotopic (exact) mass is 437 g/mol. The van der Waals surface area contributed by atoms with Crippen LogP contribution in [0.5, 0.6) is 5.75 Å². The average molecular weight is 438 g/mol. The van der Waals surface area contributed by atoms with E-state index in [-0.39, 0.29) is 5.91 Å². The van der Waals surface area contributed by atoms with E-state index in [0.717, 1.165) is 16.8 Å². The van der Waals surface area contributed by atoms with Gasteiger partial charge in [0.2, 0.25) is 0 Å². The zero-order chi connectivity index (χ0) is 20.2. The van der Waals surface area contributed by atoms with E-state index in [9.17, 15) is 4.79 Å². The van der Waals surface area contributed by atoms with Crippen molar-refractivity contribution in [2.75, 3.05) is 4.90 Å². The Morgan fingerprint density at radius 1 is 1.00 bits per heavy atom. The molecule has 0 bridgehead atoms.